The SMILES string of the molecule is CC/C(=C(/C)ON)c1cc(-c2cccnc2C2CC2)c2[nH]c(=O)[nH]c2c1. The molecular weight excluding hydrogens is 328 g/mol. The molecule has 4 N–H and O–H groups in total. The summed E-state index contributed by atoms with van der Waals surface area (Å²) in [6.45, 7) is 3.91. The Balaban J connectivity index is 2.01. The molecule has 1 aromatic carbocycles. The second-order valence-corrected chi connectivity index (χ2v) is 6.74. The number of pyridine rings is 1. The van der Waals surface area contributed by atoms with Crippen LogP contribution in [0.15, 0.2) is 41.0 Å². The second-order valence-electron chi connectivity index (χ2n) is 6.74. The van der Waals surface area contributed by atoms with Crippen LogP contribution < -0.4 is 11.6 Å². The van der Waals surface area contributed by atoms with Crippen LogP contribution in [0.1, 0.15) is 50.3 Å². The lowest BCUT2D eigenvalue weighted by Crippen LogP contribution is -2.00. The second kappa shape index (κ2) is 6.46. The van der Waals surface area contributed by atoms with Gasteiger partial charge < -0.3 is 14.8 Å². The largest absolute Gasteiger partial charge is 0.416 e. The van der Waals surface area contributed by atoms with Crippen molar-refractivity contribution in [3.63, 3.8) is 0 Å². The van der Waals surface area contributed by atoms with Crippen LogP contribution in [0.4, 0.5) is 0 Å². The molecule has 2 aromatic heterocycles. The molecule has 134 valence electrons. The predicted octanol–water partition coefficient (Wildman–Crippen LogP) is 3.83. The van der Waals surface area contributed by atoms with E-state index in [-0.39, 0.29) is 5.69 Å². The molecule has 0 saturated heterocycles. The zero-order valence-electron chi connectivity index (χ0n) is 14.9. The lowest BCUT2D eigenvalue weighted by Gasteiger charge is -2.14. The van der Waals surface area contributed by atoms with Gasteiger partial charge >= 0.3 is 5.69 Å². The number of hydrogen-bond acceptors (Lipinski definition) is 4. The maximum atomic E-state index is 12.0. The lowest BCUT2D eigenvalue weighted by molar-refractivity contribution is 0.224. The zero-order valence-corrected chi connectivity index (χ0v) is 14.9. The topological polar surface area (TPSA) is 96.8 Å². The lowest BCUT2D eigenvalue weighted by atomic mass is 9.94. The molecule has 0 unspecified atom stereocenters. The van der Waals surface area contributed by atoms with E-state index in [1.165, 1.54) is 0 Å². The van der Waals surface area contributed by atoms with Crippen molar-refractivity contribution in [3.8, 4) is 11.1 Å². The summed E-state index contributed by atoms with van der Waals surface area (Å²) in [6, 6.07) is 8.07. The first-order valence-electron chi connectivity index (χ1n) is 8.90. The molecule has 0 radical (unpaired) electrons. The molecule has 26 heavy (non-hydrogen) atoms. The van der Waals surface area contributed by atoms with E-state index < -0.39 is 0 Å². The van der Waals surface area contributed by atoms with Crippen LogP contribution in [0, 0.1) is 0 Å². The Hall–Kier alpha value is -2.86. The van der Waals surface area contributed by atoms with Crippen LogP contribution in [0.25, 0.3) is 27.7 Å². The van der Waals surface area contributed by atoms with Gasteiger partial charge in [0.15, 0.2) is 0 Å². The van der Waals surface area contributed by atoms with Crippen LogP contribution in [-0.2, 0) is 4.84 Å². The third kappa shape index (κ3) is 2.82. The molecule has 0 amide bonds. The number of hydrogen-bond donors (Lipinski definition) is 3. The van der Waals surface area contributed by atoms with Crippen molar-refractivity contribution in [2.45, 2.75) is 39.0 Å². The molecule has 0 spiro atoms. The summed E-state index contributed by atoms with van der Waals surface area (Å²) in [5.41, 5.74) is 6.49. The number of rotatable bonds is 5. The highest BCUT2D eigenvalue weighted by Gasteiger charge is 2.28. The van der Waals surface area contributed by atoms with Gasteiger partial charge in [0.1, 0.15) is 5.76 Å². The zero-order chi connectivity index (χ0) is 18.3. The van der Waals surface area contributed by atoms with Gasteiger partial charge in [0.2, 0.25) is 0 Å². The average Bonchev–Trinajstić information content (AvgIpc) is 3.42. The van der Waals surface area contributed by atoms with Crippen LogP contribution in [0.3, 0.4) is 0 Å². The summed E-state index contributed by atoms with van der Waals surface area (Å²) < 4.78 is 0. The minimum Gasteiger partial charge on any atom is -0.416 e. The Morgan fingerprint density at radius 1 is 1.31 bits per heavy atom. The molecule has 3 aromatic rings. The number of benzene rings is 1. The number of nitrogens with zero attached hydrogens (tertiary/aromatic N) is 1. The molecule has 1 fully saturated rings. The highest BCUT2D eigenvalue weighted by molar-refractivity contribution is 5.95. The van der Waals surface area contributed by atoms with Crippen LogP contribution in [0.2, 0.25) is 0 Å². The molecule has 2 heterocycles. The molecule has 1 aliphatic carbocycles. The maximum Gasteiger partial charge on any atom is 0.323 e. The van der Waals surface area contributed by atoms with E-state index in [0.29, 0.717) is 11.7 Å². The summed E-state index contributed by atoms with van der Waals surface area (Å²) in [6.07, 6.45) is 4.93. The van der Waals surface area contributed by atoms with Crippen LogP contribution in [0.5, 0.6) is 0 Å². The Kier molecular flexibility index (Phi) is 4.12. The number of nitrogens with one attached hydrogen (secondary N) is 2. The Bertz CT molecular complexity index is 1060. The summed E-state index contributed by atoms with van der Waals surface area (Å²) in [5, 5.41) is 0. The van der Waals surface area contributed by atoms with Crippen molar-refractivity contribution in [3.05, 3.63) is 58.0 Å². The smallest absolute Gasteiger partial charge is 0.323 e. The van der Waals surface area contributed by atoms with Crippen molar-refractivity contribution in [2.75, 3.05) is 0 Å². The van der Waals surface area contributed by atoms with E-state index >= 15 is 0 Å². The van der Waals surface area contributed by atoms with Crippen molar-refractivity contribution < 1.29 is 4.84 Å². The minimum atomic E-state index is -0.218. The van der Waals surface area contributed by atoms with E-state index in [2.05, 4.69) is 34.0 Å². The molecule has 6 nitrogen and oxygen atoms in total. The molecule has 1 aliphatic rings. The van der Waals surface area contributed by atoms with E-state index in [4.69, 9.17) is 10.7 Å². The van der Waals surface area contributed by atoms with E-state index in [1.807, 2.05) is 25.3 Å². The first-order chi connectivity index (χ1) is 12.6. The summed E-state index contributed by atoms with van der Waals surface area (Å²) in [4.78, 5) is 27.4. The number of aromatic amines is 2. The highest BCUT2D eigenvalue weighted by atomic mass is 16.6. The molecule has 0 aliphatic heterocycles. The molecule has 4 rings (SSSR count). The van der Waals surface area contributed by atoms with Crippen LogP contribution in [-0.4, -0.2) is 15.0 Å². The van der Waals surface area contributed by atoms with E-state index in [0.717, 1.165) is 58.3 Å². The van der Waals surface area contributed by atoms with Gasteiger partial charge in [-0.1, -0.05) is 13.0 Å². The Morgan fingerprint density at radius 3 is 2.81 bits per heavy atom. The van der Waals surface area contributed by atoms with E-state index in [9.17, 15) is 4.79 Å². The van der Waals surface area contributed by atoms with Gasteiger partial charge in [0, 0.05) is 23.2 Å². The molecule has 0 bridgehead atoms. The fourth-order valence-corrected chi connectivity index (χ4v) is 3.58. The number of fused-ring (bicyclic) bond motifs is 1. The van der Waals surface area contributed by atoms with Crippen molar-refractivity contribution in [2.24, 2.45) is 5.90 Å². The van der Waals surface area contributed by atoms with Gasteiger partial charge in [-0.2, -0.15) is 5.90 Å². The quantitative estimate of drug-likeness (QED) is 0.481. The van der Waals surface area contributed by atoms with Crippen molar-refractivity contribution in [1.29, 1.82) is 0 Å². The number of nitrogens with two attached hydrogens (primary N) is 1. The molecule has 1 saturated carbocycles. The monoisotopic (exact) mass is 350 g/mol. The number of aromatic nitrogens is 3. The normalized spacial score (nSPS) is 15.2. The third-order valence-corrected chi connectivity index (χ3v) is 5.02. The van der Waals surface area contributed by atoms with Gasteiger partial charge in [0.05, 0.1) is 16.7 Å². The first kappa shape index (κ1) is 16.6. The Labute approximate surface area is 151 Å². The first-order valence-corrected chi connectivity index (χ1v) is 8.90. The third-order valence-electron chi connectivity index (χ3n) is 5.02. The van der Waals surface area contributed by atoms with Gasteiger partial charge in [-0.15, -0.1) is 0 Å². The maximum absolute atomic E-state index is 12.0. The van der Waals surface area contributed by atoms with Gasteiger partial charge in [-0.3, -0.25) is 4.98 Å². The summed E-state index contributed by atoms with van der Waals surface area (Å²) in [5.74, 6) is 6.57. The summed E-state index contributed by atoms with van der Waals surface area (Å²) in [7, 11) is 0. The fraction of sp³-hybridized carbons (Fsp3) is 0.300. The number of H-pyrrole nitrogens is 2. The number of imidazole rings is 1. The van der Waals surface area contributed by atoms with Gasteiger partial charge in [-0.25, -0.2) is 4.79 Å². The predicted molar refractivity (Wildman–Crippen MR) is 102 cm³/mol. The molecular formula is C20H22N4O2. The average molecular weight is 350 g/mol. The highest BCUT2D eigenvalue weighted by Crippen LogP contribution is 2.44. The van der Waals surface area contributed by atoms with Crippen LogP contribution >= 0.6 is 0 Å². The Morgan fingerprint density at radius 2 is 2.12 bits per heavy atom. The molecule has 6 heteroatoms. The van der Waals surface area contributed by atoms with Crippen molar-refractivity contribution >= 4 is 16.6 Å². The minimum absolute atomic E-state index is 0.218. The number of allylic oxidation sites excluding steroid dienone is 2. The summed E-state index contributed by atoms with van der Waals surface area (Å²) >= 11 is 0. The van der Waals surface area contributed by atoms with E-state index in [1.54, 1.807) is 0 Å². The standard InChI is InChI=1S/C20H22N4O2/c1-3-14(11(2)26-21)13-9-16(19-17(10-13)23-20(25)24-19)15-5-4-8-22-18(15)12-6-7-12/h4-5,8-10,12H,3,6-7,21H2,1-2H3,(H2,23,24,25)/b14-11+. The van der Waals surface area contributed by atoms with Gasteiger partial charge in [0.25, 0.3) is 0 Å². The van der Waals surface area contributed by atoms with Gasteiger partial charge in [-0.05, 0) is 55.5 Å². The molecule has 0 atom stereocenters. The fourth-order valence-electron chi connectivity index (χ4n) is 3.58. The van der Waals surface area contributed by atoms with Crippen molar-refractivity contribution in [1.82, 2.24) is 15.0 Å².